The van der Waals surface area contributed by atoms with Gasteiger partial charge in [0.1, 0.15) is 5.56 Å². The molecular weight excluding hydrogens is 156 g/mol. The Bertz CT molecular complexity index is 319. The van der Waals surface area contributed by atoms with Crippen LogP contribution in [-0.4, -0.2) is 12.4 Å². The second-order valence-electron chi connectivity index (χ2n) is 2.72. The van der Waals surface area contributed by atoms with Gasteiger partial charge in [-0.3, -0.25) is 4.79 Å². The smallest absolute Gasteiger partial charge is 0.276 e. The predicted molar refractivity (Wildman–Crippen MR) is 40.8 cm³/mol. The molecule has 0 N–H and O–H groups in total. The van der Waals surface area contributed by atoms with E-state index < -0.39 is 0 Å². The van der Waals surface area contributed by atoms with Crippen LogP contribution >= 0.6 is 0 Å². The van der Waals surface area contributed by atoms with E-state index in [1.807, 2.05) is 0 Å². The minimum atomic E-state index is 0.0465. The van der Waals surface area contributed by atoms with Crippen LogP contribution in [0.1, 0.15) is 16.8 Å². The molecule has 1 aromatic rings. The molecule has 0 saturated carbocycles. The first-order valence-corrected chi connectivity index (χ1v) is 3.79. The first kappa shape index (κ1) is 7.31. The first-order chi connectivity index (χ1) is 5.79. The number of para-hydroxylation sites is 1. The lowest BCUT2D eigenvalue weighted by Gasteiger charge is -2.29. The van der Waals surface area contributed by atoms with Crippen LogP contribution in [0.3, 0.4) is 0 Å². The highest BCUT2D eigenvalue weighted by Crippen LogP contribution is 2.30. The van der Waals surface area contributed by atoms with E-state index in [0.717, 1.165) is 0 Å². The van der Waals surface area contributed by atoms with Crippen molar-refractivity contribution in [3.05, 3.63) is 29.8 Å². The van der Waals surface area contributed by atoms with E-state index in [4.69, 9.17) is 0 Å². The molecule has 1 heterocycles. The summed E-state index contributed by atoms with van der Waals surface area (Å²) < 4.78 is 1.66. The molecule has 0 bridgehead atoms. The van der Waals surface area contributed by atoms with Crippen LogP contribution in [0.15, 0.2) is 24.3 Å². The number of fused-ring (bicyclic) bond motifs is 1. The second kappa shape index (κ2) is 2.60. The van der Waals surface area contributed by atoms with Crippen molar-refractivity contribution >= 4 is 5.78 Å². The molecule has 62 valence electrons. The van der Waals surface area contributed by atoms with Crippen molar-refractivity contribution < 1.29 is 14.6 Å². The molecule has 0 radical (unpaired) electrons. The van der Waals surface area contributed by atoms with Gasteiger partial charge in [-0.2, -0.15) is 0 Å². The Labute approximate surface area is 69.8 Å². The zero-order valence-electron chi connectivity index (χ0n) is 6.45. The average Bonchev–Trinajstić information content (AvgIpc) is 2.12. The third-order valence-corrected chi connectivity index (χ3v) is 1.95. The molecule has 2 rings (SSSR count). The topological polar surface area (TPSA) is 42.8 Å². The summed E-state index contributed by atoms with van der Waals surface area (Å²) in [6, 6.07) is 6.82. The molecular formula is C9H8O3. The third-order valence-electron chi connectivity index (χ3n) is 1.95. The van der Waals surface area contributed by atoms with Gasteiger partial charge in [-0.05, 0) is 6.07 Å². The molecule has 0 aromatic heterocycles. The van der Waals surface area contributed by atoms with Gasteiger partial charge in [-0.1, -0.05) is 12.1 Å². The number of carbonyl (C=O) groups is 1. The van der Waals surface area contributed by atoms with Crippen LogP contribution in [0.5, 0.6) is 5.75 Å². The molecule has 3 heteroatoms. The average molecular weight is 164 g/mol. The maximum absolute atomic E-state index is 11.3. The fourth-order valence-corrected chi connectivity index (χ4v) is 1.33. The van der Waals surface area contributed by atoms with Gasteiger partial charge in [0.25, 0.3) is 5.75 Å². The molecule has 1 aromatic carbocycles. The number of carbonyl (C=O) groups excluding carboxylic acids is 1. The summed E-state index contributed by atoms with van der Waals surface area (Å²) in [6.07, 6.45) is 0.297. The maximum atomic E-state index is 11.3. The van der Waals surface area contributed by atoms with Crippen LogP contribution in [0.4, 0.5) is 0 Å². The predicted octanol–water partition coefficient (Wildman–Crippen LogP) is 0.814. The summed E-state index contributed by atoms with van der Waals surface area (Å²) >= 11 is 0. The molecule has 0 fully saturated rings. The van der Waals surface area contributed by atoms with E-state index in [2.05, 4.69) is 0 Å². The lowest BCUT2D eigenvalue weighted by atomic mass is 10.1. The van der Waals surface area contributed by atoms with Gasteiger partial charge in [-0.25, -0.2) is 0 Å². The fraction of sp³-hybridized carbons (Fsp3) is 0.222. The maximum Gasteiger partial charge on any atom is 0.276 e. The zero-order chi connectivity index (χ0) is 8.55. The van der Waals surface area contributed by atoms with Crippen molar-refractivity contribution in [3.8, 4) is 5.75 Å². The molecule has 0 amide bonds. The molecule has 0 unspecified atom stereocenters. The van der Waals surface area contributed by atoms with Gasteiger partial charge in [0.2, 0.25) is 0 Å². The normalized spacial score (nSPS) is 16.1. The van der Waals surface area contributed by atoms with Crippen molar-refractivity contribution in [3.63, 3.8) is 0 Å². The minimum Gasteiger partial charge on any atom is -0.564 e. The minimum absolute atomic E-state index is 0.0465. The van der Waals surface area contributed by atoms with Gasteiger partial charge in [0.05, 0.1) is 6.42 Å². The van der Waals surface area contributed by atoms with Gasteiger partial charge in [-0.15, -0.1) is 0 Å². The van der Waals surface area contributed by atoms with Crippen LogP contribution in [0.25, 0.3) is 0 Å². The fourth-order valence-electron chi connectivity index (χ4n) is 1.33. The highest BCUT2D eigenvalue weighted by molar-refractivity contribution is 5.99. The van der Waals surface area contributed by atoms with Crippen molar-refractivity contribution in [1.82, 2.24) is 0 Å². The number of Topliss-reactive ketones (excluding diaryl/α,β-unsaturated/α-hetero) is 1. The van der Waals surface area contributed by atoms with Gasteiger partial charge in [0, 0.05) is 6.07 Å². The summed E-state index contributed by atoms with van der Waals surface area (Å²) in [4.78, 5) is 11.3. The Balaban J connectivity index is 2.55. The Hall–Kier alpha value is -1.35. The van der Waals surface area contributed by atoms with E-state index in [-0.39, 0.29) is 12.4 Å². The molecule has 1 aliphatic heterocycles. The molecule has 3 nitrogen and oxygen atoms in total. The summed E-state index contributed by atoms with van der Waals surface area (Å²) in [5.41, 5.74) is 0.517. The highest BCUT2D eigenvalue weighted by Gasteiger charge is 2.24. The summed E-state index contributed by atoms with van der Waals surface area (Å²) in [5.74, 6) is 0.471. The summed E-state index contributed by atoms with van der Waals surface area (Å²) in [7, 11) is 0. The van der Waals surface area contributed by atoms with Crippen LogP contribution in [-0.2, 0) is 4.52 Å². The SMILES string of the molecule is O=C1CC[O+]([O-])c2ccccc21. The Morgan fingerprint density at radius 2 is 2.08 bits per heavy atom. The van der Waals surface area contributed by atoms with Crippen molar-refractivity contribution in [2.75, 3.05) is 6.61 Å². The van der Waals surface area contributed by atoms with E-state index in [0.29, 0.717) is 17.7 Å². The lowest BCUT2D eigenvalue weighted by molar-refractivity contribution is -0.767. The largest absolute Gasteiger partial charge is 0.564 e. The quantitative estimate of drug-likeness (QED) is 0.420. The van der Waals surface area contributed by atoms with Gasteiger partial charge in [0.15, 0.2) is 12.4 Å². The Kier molecular flexibility index (Phi) is 1.59. The molecule has 0 aliphatic carbocycles. The van der Waals surface area contributed by atoms with Crippen molar-refractivity contribution in [2.45, 2.75) is 6.42 Å². The number of ketones is 1. The van der Waals surface area contributed by atoms with Crippen molar-refractivity contribution in [1.29, 1.82) is 0 Å². The second-order valence-corrected chi connectivity index (χ2v) is 2.72. The van der Waals surface area contributed by atoms with E-state index in [9.17, 15) is 10.1 Å². The standard InChI is InChI=1S/C9H8O3/c10-8-5-6-12(11)9-4-2-1-3-7(8)9/h1-4H,5-6H2. The monoisotopic (exact) mass is 164 g/mol. The molecule has 12 heavy (non-hydrogen) atoms. The van der Waals surface area contributed by atoms with Crippen LogP contribution in [0.2, 0.25) is 0 Å². The van der Waals surface area contributed by atoms with Gasteiger partial charge >= 0.3 is 0 Å². The highest BCUT2D eigenvalue weighted by atomic mass is 17.2. The van der Waals surface area contributed by atoms with Gasteiger partial charge < -0.3 is 9.78 Å². The molecule has 1 aliphatic rings. The third kappa shape index (κ3) is 0.987. The number of benzene rings is 1. The van der Waals surface area contributed by atoms with E-state index in [1.165, 1.54) is 0 Å². The van der Waals surface area contributed by atoms with E-state index >= 15 is 0 Å². The van der Waals surface area contributed by atoms with Crippen molar-refractivity contribution in [2.24, 2.45) is 0 Å². The number of rotatable bonds is 0. The molecule has 0 spiro atoms. The van der Waals surface area contributed by atoms with E-state index in [1.54, 1.807) is 28.8 Å². The molecule has 0 atom stereocenters. The number of hydrogen-bond acceptors (Lipinski definition) is 2. The summed E-state index contributed by atoms with van der Waals surface area (Å²) in [5, 5.41) is 11.1. The molecule has 0 saturated heterocycles. The number of hydrogen-bond donors (Lipinski definition) is 0. The van der Waals surface area contributed by atoms with Crippen LogP contribution in [0, 0.1) is 0 Å². The Morgan fingerprint density at radius 1 is 1.33 bits per heavy atom. The first-order valence-electron chi connectivity index (χ1n) is 3.79. The zero-order valence-corrected chi connectivity index (χ0v) is 6.45. The summed E-state index contributed by atoms with van der Waals surface area (Å²) in [6.45, 7) is 0.204. The Morgan fingerprint density at radius 3 is 2.83 bits per heavy atom. The van der Waals surface area contributed by atoms with Crippen LogP contribution < -0.4 is 5.26 Å². The lowest BCUT2D eigenvalue weighted by Crippen LogP contribution is -2.28.